The number of phenols is 2. The van der Waals surface area contributed by atoms with Gasteiger partial charge in [0.05, 0.1) is 0 Å². The zero-order valence-corrected chi connectivity index (χ0v) is 36.3. The second-order valence-electron chi connectivity index (χ2n) is 18.5. The molecule has 59 heavy (non-hydrogen) atoms. The number of aromatic hydroxyl groups is 2. The first-order chi connectivity index (χ1) is 27.1. The second-order valence-corrected chi connectivity index (χ2v) is 18.5. The molecule has 2 amide bonds. The third-order valence-corrected chi connectivity index (χ3v) is 11.6. The lowest BCUT2D eigenvalue weighted by Gasteiger charge is -2.55. The Morgan fingerprint density at radius 1 is 0.644 bits per heavy atom. The maximum Gasteiger partial charge on any atom is 0.343 e. The SMILES string of the molecule is C=CC(=O)N1C(C)(C)CC(OC(=O)C(C(=O)Oc2cc(C)c(O)c(C)c2)(C(=O)OC2CC(C)(C)N(C(=O)C=C)C(C)(C)C2)C(OO)c2cc(C)c(O)c(C)c2)CC1(C)C. The summed E-state index contributed by atoms with van der Waals surface area (Å²) in [6.45, 7) is 27.8. The van der Waals surface area contributed by atoms with Gasteiger partial charge in [-0.2, -0.15) is 0 Å². The first-order valence-corrected chi connectivity index (χ1v) is 19.6. The summed E-state index contributed by atoms with van der Waals surface area (Å²) in [6, 6.07) is 5.36. The molecule has 0 radical (unpaired) electrons. The van der Waals surface area contributed by atoms with Gasteiger partial charge in [0.1, 0.15) is 29.5 Å². The molecule has 1 unspecified atom stereocenters. The number of aryl methyl sites for hydroxylation is 4. The molecule has 2 aliphatic heterocycles. The normalized spacial score (nSPS) is 19.3. The minimum Gasteiger partial charge on any atom is -0.507 e. The fourth-order valence-electron chi connectivity index (χ4n) is 9.67. The number of hydrogen-bond acceptors (Lipinski definition) is 12. The van der Waals surface area contributed by atoms with Gasteiger partial charge in [-0.15, -0.1) is 0 Å². The zero-order chi connectivity index (χ0) is 44.8. The van der Waals surface area contributed by atoms with Gasteiger partial charge in [-0.25, -0.2) is 9.68 Å². The summed E-state index contributed by atoms with van der Waals surface area (Å²) in [5.41, 5.74) is -5.86. The largest absolute Gasteiger partial charge is 0.507 e. The molecule has 2 heterocycles. The van der Waals surface area contributed by atoms with E-state index in [1.54, 1.807) is 92.9 Å². The van der Waals surface area contributed by atoms with E-state index in [9.17, 15) is 25.1 Å². The van der Waals surface area contributed by atoms with Gasteiger partial charge in [0.25, 0.3) is 5.41 Å². The molecule has 322 valence electrons. The number of rotatable bonds is 11. The molecule has 2 aliphatic rings. The molecule has 3 N–H and O–H groups in total. The van der Waals surface area contributed by atoms with E-state index in [4.69, 9.17) is 19.1 Å². The van der Waals surface area contributed by atoms with Gasteiger partial charge in [-0.05, 0) is 147 Å². The highest BCUT2D eigenvalue weighted by Crippen LogP contribution is 2.48. The number of carbonyl (C=O) groups is 5. The van der Waals surface area contributed by atoms with Crippen LogP contribution in [0.1, 0.15) is 115 Å². The maximum absolute atomic E-state index is 15.3. The molecule has 0 aliphatic carbocycles. The number of amides is 2. The van der Waals surface area contributed by atoms with Crippen molar-refractivity contribution in [3.8, 4) is 17.2 Å². The number of phenolic OH excluding ortho intramolecular Hbond substituents is 2. The molecule has 4 rings (SSSR count). The molecule has 2 saturated heterocycles. The fourth-order valence-corrected chi connectivity index (χ4v) is 9.67. The van der Waals surface area contributed by atoms with Crippen molar-refractivity contribution in [1.82, 2.24) is 9.80 Å². The lowest BCUT2D eigenvalue weighted by molar-refractivity contribution is -0.305. The molecule has 2 aromatic rings. The number of piperidine rings is 2. The van der Waals surface area contributed by atoms with Gasteiger partial charge in [0.15, 0.2) is 6.10 Å². The van der Waals surface area contributed by atoms with Crippen molar-refractivity contribution in [2.75, 3.05) is 0 Å². The van der Waals surface area contributed by atoms with Crippen LogP contribution in [-0.2, 0) is 38.3 Å². The summed E-state index contributed by atoms with van der Waals surface area (Å²) in [6.07, 6.45) is -1.52. The summed E-state index contributed by atoms with van der Waals surface area (Å²) in [5, 5.41) is 32.1. The number of carbonyl (C=O) groups excluding carboxylic acids is 5. The number of benzene rings is 2. The van der Waals surface area contributed by atoms with E-state index in [0.29, 0.717) is 11.1 Å². The van der Waals surface area contributed by atoms with Crippen LogP contribution in [0.4, 0.5) is 0 Å². The van der Waals surface area contributed by atoms with Crippen LogP contribution in [0.2, 0.25) is 0 Å². The first kappa shape index (κ1) is 46.5. The third kappa shape index (κ3) is 8.74. The van der Waals surface area contributed by atoms with Crippen LogP contribution in [0.5, 0.6) is 17.2 Å². The Kier molecular flexibility index (Phi) is 13.0. The Labute approximate surface area is 346 Å². The highest BCUT2D eigenvalue weighted by molar-refractivity contribution is 6.19. The van der Waals surface area contributed by atoms with E-state index in [0.717, 1.165) is 0 Å². The molecular weight excluding hydrogens is 760 g/mol. The molecule has 0 spiro atoms. The standard InChI is InChI=1S/C45H60N2O12/c1-15-33(48)46-41(7,8)21-31(22-42(46,9)10)57-39(53)45(37(59-55)29-17-25(3)35(50)26(4)18-29,38(52)56-30-19-27(5)36(51)28(6)20-30)40(54)58-32-23-43(11,12)47(34(49)16-2)44(13,14)24-32/h15-20,31-32,37,50-51,55H,1-2,21-24H2,3-14H3. The monoisotopic (exact) mass is 820 g/mol. The number of likely N-dealkylation sites (tertiary alicyclic amines) is 2. The smallest absolute Gasteiger partial charge is 0.343 e. The minimum atomic E-state index is -3.25. The quantitative estimate of drug-likeness (QED) is 0.0526. The van der Waals surface area contributed by atoms with Crippen molar-refractivity contribution in [2.45, 2.75) is 149 Å². The number of esters is 3. The van der Waals surface area contributed by atoms with Crippen molar-refractivity contribution in [2.24, 2.45) is 5.41 Å². The third-order valence-electron chi connectivity index (χ3n) is 11.6. The Morgan fingerprint density at radius 3 is 1.27 bits per heavy atom. The average molecular weight is 821 g/mol. The average Bonchev–Trinajstić information content (AvgIpc) is 3.08. The Hall–Kier alpha value is -5.21. The number of nitrogens with zero attached hydrogens (tertiary/aromatic N) is 2. The van der Waals surface area contributed by atoms with Crippen LogP contribution in [-0.4, -0.2) is 89.4 Å². The Bertz CT molecular complexity index is 1890. The molecule has 2 fully saturated rings. The van der Waals surface area contributed by atoms with Crippen molar-refractivity contribution in [3.05, 3.63) is 77.4 Å². The zero-order valence-electron chi connectivity index (χ0n) is 36.3. The number of ether oxygens (including phenoxy) is 3. The van der Waals surface area contributed by atoms with Gasteiger partial charge in [0, 0.05) is 47.8 Å². The van der Waals surface area contributed by atoms with Crippen LogP contribution in [0.15, 0.2) is 49.6 Å². The summed E-state index contributed by atoms with van der Waals surface area (Å²) >= 11 is 0. The van der Waals surface area contributed by atoms with Crippen molar-refractivity contribution < 1.29 is 58.5 Å². The molecule has 2 aromatic carbocycles. The van der Waals surface area contributed by atoms with E-state index in [1.165, 1.54) is 36.4 Å². The predicted octanol–water partition coefficient (Wildman–Crippen LogP) is 7.01. The minimum absolute atomic E-state index is 0.0680. The fraction of sp³-hybridized carbons (Fsp3) is 0.533. The highest BCUT2D eigenvalue weighted by Gasteiger charge is 2.67. The Balaban J connectivity index is 1.98. The van der Waals surface area contributed by atoms with Crippen LogP contribution in [0, 0.1) is 33.1 Å². The predicted molar refractivity (Wildman–Crippen MR) is 218 cm³/mol. The lowest BCUT2D eigenvalue weighted by atomic mass is 9.75. The molecule has 0 saturated carbocycles. The van der Waals surface area contributed by atoms with E-state index in [1.807, 2.05) is 0 Å². The summed E-state index contributed by atoms with van der Waals surface area (Å²) in [5.74, 6) is -5.50. The van der Waals surface area contributed by atoms with Crippen LogP contribution >= 0.6 is 0 Å². The maximum atomic E-state index is 15.3. The van der Waals surface area contributed by atoms with E-state index in [2.05, 4.69) is 13.2 Å². The number of hydrogen-bond donors (Lipinski definition) is 3. The molecule has 1 atom stereocenters. The topological polar surface area (TPSA) is 189 Å². The highest BCUT2D eigenvalue weighted by atomic mass is 17.1. The molecular formula is C45H60N2O12. The molecule has 0 bridgehead atoms. The molecule has 14 nitrogen and oxygen atoms in total. The van der Waals surface area contributed by atoms with E-state index < -0.39 is 63.8 Å². The second kappa shape index (κ2) is 16.4. The van der Waals surface area contributed by atoms with Crippen molar-refractivity contribution in [1.29, 1.82) is 0 Å². The van der Waals surface area contributed by atoms with Gasteiger partial charge >= 0.3 is 17.9 Å². The van der Waals surface area contributed by atoms with Crippen LogP contribution < -0.4 is 4.74 Å². The van der Waals surface area contributed by atoms with Gasteiger partial charge in [-0.1, -0.05) is 13.2 Å². The lowest BCUT2D eigenvalue weighted by Crippen LogP contribution is -2.65. The van der Waals surface area contributed by atoms with Gasteiger partial charge in [0.2, 0.25) is 11.8 Å². The van der Waals surface area contributed by atoms with Crippen molar-refractivity contribution >= 4 is 29.7 Å². The van der Waals surface area contributed by atoms with Crippen LogP contribution in [0.3, 0.4) is 0 Å². The van der Waals surface area contributed by atoms with Crippen LogP contribution in [0.25, 0.3) is 0 Å². The van der Waals surface area contributed by atoms with E-state index in [-0.39, 0.29) is 71.4 Å². The molecule has 0 aromatic heterocycles. The summed E-state index contributed by atoms with van der Waals surface area (Å²) in [7, 11) is 0. The first-order valence-electron chi connectivity index (χ1n) is 19.6. The summed E-state index contributed by atoms with van der Waals surface area (Å²) < 4.78 is 18.3. The Morgan fingerprint density at radius 2 is 0.966 bits per heavy atom. The molecule has 14 heteroatoms. The van der Waals surface area contributed by atoms with Gasteiger partial charge in [-0.3, -0.25) is 24.4 Å². The summed E-state index contributed by atoms with van der Waals surface area (Å²) in [4.78, 5) is 80.3. The van der Waals surface area contributed by atoms with Gasteiger partial charge < -0.3 is 34.2 Å². The van der Waals surface area contributed by atoms with E-state index >= 15 is 14.4 Å². The van der Waals surface area contributed by atoms with Crippen molar-refractivity contribution in [3.63, 3.8) is 0 Å².